The third-order valence-corrected chi connectivity index (χ3v) is 5.07. The molecule has 0 heterocycles. The summed E-state index contributed by atoms with van der Waals surface area (Å²) < 4.78 is 27.6. The van der Waals surface area contributed by atoms with Gasteiger partial charge in [-0.25, -0.2) is 17.9 Å². The number of hydrogen-bond acceptors (Lipinski definition) is 4. The van der Waals surface area contributed by atoms with Crippen LogP contribution in [0.25, 0.3) is 0 Å². The molecule has 0 bridgehead atoms. The van der Waals surface area contributed by atoms with Crippen molar-refractivity contribution >= 4 is 21.7 Å². The fourth-order valence-electron chi connectivity index (χ4n) is 2.32. The monoisotopic (exact) mass is 348 g/mol. The normalized spacial score (nSPS) is 12.6. The SMILES string of the molecule is CCNc1ccc(S(=O)(=O)NC(C)c2ccccc2)cc1C(=O)O. The van der Waals surface area contributed by atoms with Crippen LogP contribution in [0.3, 0.4) is 0 Å². The molecule has 2 aromatic rings. The lowest BCUT2D eigenvalue weighted by Gasteiger charge is -2.16. The average Bonchev–Trinajstić information content (AvgIpc) is 2.55. The summed E-state index contributed by atoms with van der Waals surface area (Å²) in [5.41, 5.74) is 1.14. The highest BCUT2D eigenvalue weighted by Crippen LogP contribution is 2.22. The lowest BCUT2D eigenvalue weighted by atomic mass is 10.1. The van der Waals surface area contributed by atoms with E-state index in [9.17, 15) is 18.3 Å². The van der Waals surface area contributed by atoms with Crippen LogP contribution in [-0.4, -0.2) is 26.0 Å². The van der Waals surface area contributed by atoms with E-state index in [1.54, 1.807) is 6.92 Å². The van der Waals surface area contributed by atoms with Gasteiger partial charge in [0.2, 0.25) is 10.0 Å². The van der Waals surface area contributed by atoms with E-state index in [0.29, 0.717) is 12.2 Å². The molecular formula is C17H20N2O4S. The zero-order chi connectivity index (χ0) is 17.7. The molecule has 0 saturated heterocycles. The lowest BCUT2D eigenvalue weighted by molar-refractivity contribution is 0.0697. The van der Waals surface area contributed by atoms with Crippen molar-refractivity contribution in [1.82, 2.24) is 4.72 Å². The minimum atomic E-state index is -3.84. The second kappa shape index (κ2) is 7.46. The summed E-state index contributed by atoms with van der Waals surface area (Å²) in [6, 6.07) is 12.7. The van der Waals surface area contributed by atoms with Crippen LogP contribution in [0.4, 0.5) is 5.69 Å². The molecule has 128 valence electrons. The lowest BCUT2D eigenvalue weighted by Crippen LogP contribution is -2.27. The van der Waals surface area contributed by atoms with Crippen LogP contribution in [0.1, 0.15) is 35.8 Å². The summed E-state index contributed by atoms with van der Waals surface area (Å²) in [6.07, 6.45) is 0. The van der Waals surface area contributed by atoms with Crippen molar-refractivity contribution in [3.8, 4) is 0 Å². The minimum absolute atomic E-state index is 0.0768. The number of carbonyl (C=O) groups is 1. The first-order valence-corrected chi connectivity index (χ1v) is 9.02. The molecule has 0 aliphatic carbocycles. The Balaban J connectivity index is 2.32. The van der Waals surface area contributed by atoms with Crippen LogP contribution in [-0.2, 0) is 10.0 Å². The molecule has 0 aliphatic rings. The average molecular weight is 348 g/mol. The molecule has 0 fully saturated rings. The standard InChI is InChI=1S/C17H20N2O4S/c1-3-18-16-10-9-14(11-15(16)17(20)21)24(22,23)19-12(2)13-7-5-4-6-8-13/h4-12,18-19H,3H2,1-2H3,(H,20,21). The number of anilines is 1. The molecule has 0 aromatic heterocycles. The van der Waals surface area contributed by atoms with Crippen molar-refractivity contribution in [3.63, 3.8) is 0 Å². The van der Waals surface area contributed by atoms with Gasteiger partial charge in [-0.2, -0.15) is 0 Å². The van der Waals surface area contributed by atoms with Crippen molar-refractivity contribution < 1.29 is 18.3 Å². The Bertz CT molecular complexity index is 820. The number of hydrogen-bond donors (Lipinski definition) is 3. The zero-order valence-electron chi connectivity index (χ0n) is 13.5. The maximum absolute atomic E-state index is 12.5. The van der Waals surface area contributed by atoms with Crippen molar-refractivity contribution in [2.75, 3.05) is 11.9 Å². The predicted molar refractivity (Wildman–Crippen MR) is 92.7 cm³/mol. The molecule has 1 unspecified atom stereocenters. The van der Waals surface area contributed by atoms with E-state index < -0.39 is 22.0 Å². The zero-order valence-corrected chi connectivity index (χ0v) is 14.3. The van der Waals surface area contributed by atoms with E-state index in [2.05, 4.69) is 10.0 Å². The summed E-state index contributed by atoms with van der Waals surface area (Å²) >= 11 is 0. The minimum Gasteiger partial charge on any atom is -0.478 e. The van der Waals surface area contributed by atoms with Crippen LogP contribution in [0.2, 0.25) is 0 Å². The van der Waals surface area contributed by atoms with Crippen LogP contribution >= 0.6 is 0 Å². The molecule has 0 radical (unpaired) electrons. The van der Waals surface area contributed by atoms with Crippen LogP contribution in [0, 0.1) is 0 Å². The first-order chi connectivity index (χ1) is 11.3. The first kappa shape index (κ1) is 18.0. The van der Waals surface area contributed by atoms with E-state index in [-0.39, 0.29) is 10.5 Å². The molecule has 3 N–H and O–H groups in total. The highest BCUT2D eigenvalue weighted by Gasteiger charge is 2.21. The van der Waals surface area contributed by atoms with Crippen LogP contribution in [0.5, 0.6) is 0 Å². The molecule has 0 aliphatic heterocycles. The van der Waals surface area contributed by atoms with E-state index in [0.717, 1.165) is 5.56 Å². The van der Waals surface area contributed by atoms with Crippen molar-refractivity contribution in [2.24, 2.45) is 0 Å². The van der Waals surface area contributed by atoms with Crippen molar-refractivity contribution in [1.29, 1.82) is 0 Å². The van der Waals surface area contributed by atoms with Gasteiger partial charge in [0.25, 0.3) is 0 Å². The third-order valence-electron chi connectivity index (χ3n) is 3.53. The third kappa shape index (κ3) is 4.12. The van der Waals surface area contributed by atoms with Gasteiger partial charge in [-0.15, -0.1) is 0 Å². The second-order valence-electron chi connectivity index (χ2n) is 5.30. The van der Waals surface area contributed by atoms with Gasteiger partial charge in [0, 0.05) is 18.3 Å². The Morgan fingerprint density at radius 2 is 1.83 bits per heavy atom. The Hall–Kier alpha value is -2.38. The van der Waals surface area contributed by atoms with Crippen molar-refractivity contribution in [2.45, 2.75) is 24.8 Å². The van der Waals surface area contributed by atoms with E-state index in [1.165, 1.54) is 18.2 Å². The summed E-state index contributed by atoms with van der Waals surface area (Å²) in [5.74, 6) is -1.18. The Morgan fingerprint density at radius 3 is 2.42 bits per heavy atom. The first-order valence-electron chi connectivity index (χ1n) is 7.53. The van der Waals surface area contributed by atoms with Gasteiger partial charge < -0.3 is 10.4 Å². The number of aromatic carboxylic acids is 1. The molecule has 2 aromatic carbocycles. The molecular weight excluding hydrogens is 328 g/mol. The molecule has 7 heteroatoms. The maximum Gasteiger partial charge on any atom is 0.337 e. The van der Waals surface area contributed by atoms with Gasteiger partial charge in [0.15, 0.2) is 0 Å². The van der Waals surface area contributed by atoms with Gasteiger partial charge in [0.05, 0.1) is 10.5 Å². The largest absolute Gasteiger partial charge is 0.478 e. The number of carboxylic acid groups (broad SMARTS) is 1. The molecule has 24 heavy (non-hydrogen) atoms. The van der Waals surface area contributed by atoms with Gasteiger partial charge in [-0.3, -0.25) is 0 Å². The summed E-state index contributed by atoms with van der Waals surface area (Å²) in [5, 5.41) is 12.2. The maximum atomic E-state index is 12.5. The molecule has 0 spiro atoms. The summed E-state index contributed by atoms with van der Waals surface area (Å²) in [4.78, 5) is 11.3. The quantitative estimate of drug-likeness (QED) is 0.715. The molecule has 2 rings (SSSR count). The fraction of sp³-hybridized carbons (Fsp3) is 0.235. The molecule has 1 atom stereocenters. The van der Waals surface area contributed by atoms with Crippen molar-refractivity contribution in [3.05, 3.63) is 59.7 Å². The van der Waals surface area contributed by atoms with E-state index in [4.69, 9.17) is 0 Å². The van der Waals surface area contributed by atoms with Gasteiger partial charge in [0.1, 0.15) is 0 Å². The number of rotatable bonds is 7. The van der Waals surface area contributed by atoms with Crippen LogP contribution in [0.15, 0.2) is 53.4 Å². The highest BCUT2D eigenvalue weighted by molar-refractivity contribution is 7.89. The van der Waals surface area contributed by atoms with E-state index in [1.807, 2.05) is 37.3 Å². The Kier molecular flexibility index (Phi) is 5.58. The van der Waals surface area contributed by atoms with Gasteiger partial charge in [-0.05, 0) is 37.6 Å². The predicted octanol–water partition coefficient (Wildman–Crippen LogP) is 2.86. The van der Waals surface area contributed by atoms with Gasteiger partial charge >= 0.3 is 5.97 Å². The topological polar surface area (TPSA) is 95.5 Å². The molecule has 0 saturated carbocycles. The second-order valence-corrected chi connectivity index (χ2v) is 7.01. The fourth-order valence-corrected chi connectivity index (χ4v) is 3.58. The molecule has 6 nitrogen and oxygen atoms in total. The number of carboxylic acids is 1. The molecule has 0 amide bonds. The number of nitrogens with one attached hydrogen (secondary N) is 2. The summed E-state index contributed by atoms with van der Waals surface area (Å²) in [6.45, 7) is 4.10. The number of benzene rings is 2. The number of sulfonamides is 1. The van der Waals surface area contributed by atoms with Gasteiger partial charge in [-0.1, -0.05) is 30.3 Å². The smallest absolute Gasteiger partial charge is 0.337 e. The van der Waals surface area contributed by atoms with Crippen LogP contribution < -0.4 is 10.0 Å². The summed E-state index contributed by atoms with van der Waals surface area (Å²) in [7, 11) is -3.84. The van der Waals surface area contributed by atoms with E-state index >= 15 is 0 Å². The highest BCUT2D eigenvalue weighted by atomic mass is 32.2. The Labute approximate surface area is 141 Å². The Morgan fingerprint density at radius 1 is 1.17 bits per heavy atom.